The highest BCUT2D eigenvalue weighted by Gasteiger charge is 2.36. The summed E-state index contributed by atoms with van der Waals surface area (Å²) >= 11 is 0. The maximum atomic E-state index is 13.0. The van der Waals surface area contributed by atoms with Crippen LogP contribution in [-0.2, 0) is 19.3 Å². The van der Waals surface area contributed by atoms with Crippen LogP contribution in [0.5, 0.6) is 0 Å². The van der Waals surface area contributed by atoms with Gasteiger partial charge in [0.2, 0.25) is 0 Å². The van der Waals surface area contributed by atoms with Crippen molar-refractivity contribution < 1.29 is 13.2 Å². The molecule has 30 heavy (non-hydrogen) atoms. The van der Waals surface area contributed by atoms with Gasteiger partial charge in [0.05, 0.1) is 0 Å². The molecule has 0 radical (unpaired) electrons. The minimum atomic E-state index is -4.61. The van der Waals surface area contributed by atoms with Crippen molar-refractivity contribution in [3.8, 4) is 0 Å². The van der Waals surface area contributed by atoms with Gasteiger partial charge >= 0.3 is 6.18 Å². The molecule has 0 aliphatic carbocycles. The van der Waals surface area contributed by atoms with Crippen molar-refractivity contribution in [1.82, 2.24) is 24.5 Å². The Balaban J connectivity index is 1.55. The molecule has 0 amide bonds. The molecule has 1 saturated heterocycles. The van der Waals surface area contributed by atoms with Crippen molar-refractivity contribution in [3.63, 3.8) is 0 Å². The molecule has 1 unspecified atom stereocenters. The number of aromatic nitrogens is 4. The number of rotatable bonds is 5. The molecule has 0 saturated carbocycles. The fourth-order valence-electron chi connectivity index (χ4n) is 3.97. The first kappa shape index (κ1) is 20.6. The lowest BCUT2D eigenvalue weighted by molar-refractivity contribution is -0.144. The van der Waals surface area contributed by atoms with E-state index in [0.717, 1.165) is 29.7 Å². The SMILES string of the molecule is Cc1cc(NCc2ccccc2CN2CCCC(C)C2)n2nc(C(F)(F)F)nc2n1. The number of hydrogen-bond acceptors (Lipinski definition) is 5. The third-order valence-electron chi connectivity index (χ3n) is 5.41. The first-order valence-electron chi connectivity index (χ1n) is 10.1. The van der Waals surface area contributed by atoms with Crippen molar-refractivity contribution in [2.75, 3.05) is 18.4 Å². The van der Waals surface area contributed by atoms with Crippen molar-refractivity contribution in [3.05, 3.63) is 53.0 Å². The summed E-state index contributed by atoms with van der Waals surface area (Å²) in [6, 6.07) is 9.83. The second kappa shape index (κ2) is 8.22. The summed E-state index contributed by atoms with van der Waals surface area (Å²) in [5.74, 6) is -0.127. The number of likely N-dealkylation sites (tertiary alicyclic amines) is 1. The van der Waals surface area contributed by atoms with Gasteiger partial charge < -0.3 is 5.32 Å². The van der Waals surface area contributed by atoms with Crippen LogP contribution in [0, 0.1) is 12.8 Å². The fraction of sp³-hybridized carbons (Fsp3) is 0.476. The van der Waals surface area contributed by atoms with Crippen LogP contribution in [0.15, 0.2) is 30.3 Å². The summed E-state index contributed by atoms with van der Waals surface area (Å²) in [5, 5.41) is 6.84. The Kier molecular flexibility index (Phi) is 5.64. The number of alkyl halides is 3. The van der Waals surface area contributed by atoms with Crippen LogP contribution in [-0.4, -0.2) is 37.6 Å². The van der Waals surface area contributed by atoms with Gasteiger partial charge in [0.25, 0.3) is 11.6 Å². The number of fused-ring (bicyclic) bond motifs is 1. The van der Waals surface area contributed by atoms with E-state index in [2.05, 4.69) is 38.3 Å². The van der Waals surface area contributed by atoms with Gasteiger partial charge in [-0.1, -0.05) is 31.2 Å². The summed E-state index contributed by atoms with van der Waals surface area (Å²) in [6.45, 7) is 7.52. The maximum absolute atomic E-state index is 13.0. The highest BCUT2D eigenvalue weighted by molar-refractivity contribution is 5.46. The van der Waals surface area contributed by atoms with Gasteiger partial charge in [0.1, 0.15) is 5.82 Å². The number of nitrogens with one attached hydrogen (secondary N) is 1. The van der Waals surface area contributed by atoms with Crippen molar-refractivity contribution in [2.24, 2.45) is 5.92 Å². The molecule has 1 N–H and O–H groups in total. The quantitative estimate of drug-likeness (QED) is 0.670. The summed E-state index contributed by atoms with van der Waals surface area (Å²) in [4.78, 5) is 10.1. The normalized spacial score (nSPS) is 18.1. The first-order chi connectivity index (χ1) is 14.3. The largest absolute Gasteiger partial charge is 0.453 e. The summed E-state index contributed by atoms with van der Waals surface area (Å²) in [6.07, 6.45) is -2.13. The van der Waals surface area contributed by atoms with Gasteiger partial charge in [-0.3, -0.25) is 4.90 Å². The molecule has 1 aromatic carbocycles. The predicted molar refractivity (Wildman–Crippen MR) is 108 cm³/mol. The van der Waals surface area contributed by atoms with Crippen LogP contribution >= 0.6 is 0 Å². The van der Waals surface area contributed by atoms with E-state index in [1.54, 1.807) is 13.0 Å². The van der Waals surface area contributed by atoms with E-state index < -0.39 is 12.0 Å². The highest BCUT2D eigenvalue weighted by atomic mass is 19.4. The maximum Gasteiger partial charge on any atom is 0.453 e. The van der Waals surface area contributed by atoms with E-state index in [1.165, 1.54) is 18.4 Å². The minimum Gasteiger partial charge on any atom is -0.366 e. The van der Waals surface area contributed by atoms with Crippen LogP contribution in [0.1, 0.15) is 42.4 Å². The second-order valence-corrected chi connectivity index (χ2v) is 8.03. The van der Waals surface area contributed by atoms with Gasteiger partial charge in [-0.2, -0.15) is 22.7 Å². The van der Waals surface area contributed by atoms with Gasteiger partial charge in [-0.15, -0.1) is 5.10 Å². The summed E-state index contributed by atoms with van der Waals surface area (Å²) in [5.41, 5.74) is 2.90. The molecule has 3 aromatic rings. The van der Waals surface area contributed by atoms with Gasteiger partial charge in [-0.25, -0.2) is 4.98 Å². The van der Waals surface area contributed by atoms with Crippen LogP contribution < -0.4 is 5.32 Å². The molecule has 0 spiro atoms. The van der Waals surface area contributed by atoms with Crippen LogP contribution in [0.2, 0.25) is 0 Å². The molecule has 1 aliphatic rings. The predicted octanol–water partition coefficient (Wildman–Crippen LogP) is 4.30. The third kappa shape index (κ3) is 4.56. The minimum absolute atomic E-state index is 0.0691. The second-order valence-electron chi connectivity index (χ2n) is 8.03. The number of piperidine rings is 1. The number of benzene rings is 1. The van der Waals surface area contributed by atoms with Crippen LogP contribution in [0.25, 0.3) is 5.78 Å². The molecule has 2 aromatic heterocycles. The topological polar surface area (TPSA) is 58.4 Å². The lowest BCUT2D eigenvalue weighted by Crippen LogP contribution is -2.34. The smallest absolute Gasteiger partial charge is 0.366 e. The van der Waals surface area contributed by atoms with E-state index in [4.69, 9.17) is 0 Å². The Labute approximate surface area is 173 Å². The van der Waals surface area contributed by atoms with Gasteiger partial charge in [0.15, 0.2) is 0 Å². The lowest BCUT2D eigenvalue weighted by atomic mass is 9.99. The Morgan fingerprint density at radius 1 is 1.17 bits per heavy atom. The summed E-state index contributed by atoms with van der Waals surface area (Å²) < 4.78 is 40.2. The third-order valence-corrected chi connectivity index (χ3v) is 5.41. The molecule has 4 rings (SSSR count). The number of anilines is 1. The average Bonchev–Trinajstić information content (AvgIpc) is 3.12. The van der Waals surface area contributed by atoms with E-state index in [0.29, 0.717) is 24.0 Å². The van der Waals surface area contributed by atoms with Gasteiger partial charge in [-0.05, 0) is 43.4 Å². The number of hydrogen-bond donors (Lipinski definition) is 1. The van der Waals surface area contributed by atoms with Crippen molar-refractivity contribution >= 4 is 11.6 Å². The molecule has 9 heteroatoms. The lowest BCUT2D eigenvalue weighted by Gasteiger charge is -2.31. The number of aryl methyl sites for hydroxylation is 1. The van der Waals surface area contributed by atoms with E-state index >= 15 is 0 Å². The van der Waals surface area contributed by atoms with Crippen molar-refractivity contribution in [2.45, 2.75) is 46.0 Å². The summed E-state index contributed by atoms with van der Waals surface area (Å²) in [7, 11) is 0. The van der Waals surface area contributed by atoms with E-state index in [-0.39, 0.29) is 5.78 Å². The van der Waals surface area contributed by atoms with Crippen LogP contribution in [0.4, 0.5) is 19.0 Å². The fourth-order valence-corrected chi connectivity index (χ4v) is 3.97. The van der Waals surface area contributed by atoms with Crippen molar-refractivity contribution in [1.29, 1.82) is 0 Å². The first-order valence-corrected chi connectivity index (χ1v) is 10.1. The molecule has 6 nitrogen and oxygen atoms in total. The molecule has 0 bridgehead atoms. The molecular formula is C21H25F3N6. The monoisotopic (exact) mass is 418 g/mol. The Morgan fingerprint density at radius 2 is 1.93 bits per heavy atom. The number of halogens is 3. The molecule has 1 fully saturated rings. The van der Waals surface area contributed by atoms with Gasteiger partial charge in [0, 0.05) is 31.4 Å². The Morgan fingerprint density at radius 3 is 2.67 bits per heavy atom. The van der Waals surface area contributed by atoms with E-state index in [9.17, 15) is 13.2 Å². The molecule has 160 valence electrons. The van der Waals surface area contributed by atoms with Crippen LogP contribution in [0.3, 0.4) is 0 Å². The molecule has 3 heterocycles. The molecule has 1 atom stereocenters. The zero-order valence-electron chi connectivity index (χ0n) is 17.1. The van der Waals surface area contributed by atoms with E-state index in [1.807, 2.05) is 18.2 Å². The standard InChI is InChI=1S/C21H25F3N6/c1-14-6-5-9-29(12-14)13-17-8-4-3-7-16(17)11-25-18-10-15(2)26-20-27-19(21(22,23)24)28-30(18)20/h3-4,7-8,10,14,25H,5-6,9,11-13H2,1-2H3. The molecular weight excluding hydrogens is 393 g/mol. The Hall–Kier alpha value is -2.68. The molecule has 1 aliphatic heterocycles. The zero-order chi connectivity index (χ0) is 21.3. The average molecular weight is 418 g/mol. The highest BCUT2D eigenvalue weighted by Crippen LogP contribution is 2.27. The zero-order valence-corrected chi connectivity index (χ0v) is 17.1. The Bertz CT molecular complexity index is 1030. The number of nitrogens with zero attached hydrogens (tertiary/aromatic N) is 5.